The minimum Gasteiger partial charge on any atom is -0.478 e. The fourth-order valence-corrected chi connectivity index (χ4v) is 1.58. The average Bonchev–Trinajstić information content (AvgIpc) is 2.26. The molecule has 1 N–H and O–H groups in total. The average molecular weight is 266 g/mol. The first-order valence-corrected chi connectivity index (χ1v) is 5.62. The van der Waals surface area contributed by atoms with Crippen LogP contribution in [-0.2, 0) is 16.0 Å². The Morgan fingerprint density at radius 2 is 1.47 bits per heavy atom. The van der Waals surface area contributed by atoms with Crippen molar-refractivity contribution >= 4 is 17.9 Å². The van der Waals surface area contributed by atoms with Crippen LogP contribution in [0.5, 0.6) is 11.5 Å². The van der Waals surface area contributed by atoms with Gasteiger partial charge < -0.3 is 14.6 Å². The van der Waals surface area contributed by atoms with E-state index in [1.807, 2.05) is 0 Å². The Balaban J connectivity index is 3.41. The molecule has 6 nitrogen and oxygen atoms in total. The highest BCUT2D eigenvalue weighted by Gasteiger charge is 2.17. The van der Waals surface area contributed by atoms with Crippen molar-refractivity contribution in [3.8, 4) is 11.5 Å². The SMILES string of the molecule is CCc1c(OC(C)=O)cc(C(=O)O)cc1OC(C)=O. The number of carboxylic acids is 1. The van der Waals surface area contributed by atoms with Gasteiger partial charge in [0.05, 0.1) is 5.56 Å². The number of ether oxygens (including phenoxy) is 2. The van der Waals surface area contributed by atoms with Gasteiger partial charge in [-0.15, -0.1) is 0 Å². The molecule has 19 heavy (non-hydrogen) atoms. The number of carbonyl (C=O) groups excluding carboxylic acids is 2. The summed E-state index contributed by atoms with van der Waals surface area (Å²) in [4.78, 5) is 33.0. The Morgan fingerprint density at radius 1 is 1.05 bits per heavy atom. The zero-order chi connectivity index (χ0) is 14.6. The molecular weight excluding hydrogens is 252 g/mol. The van der Waals surface area contributed by atoms with E-state index in [0.717, 1.165) is 0 Å². The summed E-state index contributed by atoms with van der Waals surface area (Å²) in [5, 5.41) is 8.98. The van der Waals surface area contributed by atoms with E-state index in [9.17, 15) is 14.4 Å². The van der Waals surface area contributed by atoms with Crippen molar-refractivity contribution in [2.45, 2.75) is 27.2 Å². The molecule has 0 aromatic heterocycles. The smallest absolute Gasteiger partial charge is 0.335 e. The van der Waals surface area contributed by atoms with Crippen LogP contribution in [0.4, 0.5) is 0 Å². The lowest BCUT2D eigenvalue weighted by atomic mass is 10.1. The summed E-state index contributed by atoms with van der Waals surface area (Å²) in [6.45, 7) is 4.19. The summed E-state index contributed by atoms with van der Waals surface area (Å²) in [6.07, 6.45) is 0.422. The van der Waals surface area contributed by atoms with Gasteiger partial charge in [0.15, 0.2) is 0 Å². The van der Waals surface area contributed by atoms with E-state index in [4.69, 9.17) is 14.6 Å². The van der Waals surface area contributed by atoms with E-state index in [-0.39, 0.29) is 17.1 Å². The topological polar surface area (TPSA) is 89.9 Å². The molecule has 0 heterocycles. The van der Waals surface area contributed by atoms with Crippen LogP contribution in [0, 0.1) is 0 Å². The highest BCUT2D eigenvalue weighted by Crippen LogP contribution is 2.31. The second-order valence-corrected chi connectivity index (χ2v) is 3.80. The Hall–Kier alpha value is -2.37. The van der Waals surface area contributed by atoms with Gasteiger partial charge in [0.25, 0.3) is 0 Å². The highest BCUT2D eigenvalue weighted by molar-refractivity contribution is 5.90. The minimum absolute atomic E-state index is 0.0890. The normalized spacial score (nSPS) is 9.84. The number of rotatable bonds is 4. The minimum atomic E-state index is -1.20. The quantitative estimate of drug-likeness (QED) is 0.660. The molecule has 6 heteroatoms. The molecular formula is C13H14O6. The second kappa shape index (κ2) is 5.99. The first-order valence-electron chi connectivity index (χ1n) is 5.62. The molecule has 0 aliphatic carbocycles. The lowest BCUT2D eigenvalue weighted by Crippen LogP contribution is -2.10. The van der Waals surface area contributed by atoms with Crippen molar-refractivity contribution in [1.29, 1.82) is 0 Å². The van der Waals surface area contributed by atoms with Gasteiger partial charge in [-0.3, -0.25) is 9.59 Å². The molecule has 0 bridgehead atoms. The summed E-state index contributed by atoms with van der Waals surface area (Å²) in [6, 6.07) is 2.46. The van der Waals surface area contributed by atoms with Crippen LogP contribution in [0.15, 0.2) is 12.1 Å². The van der Waals surface area contributed by atoms with E-state index < -0.39 is 17.9 Å². The van der Waals surface area contributed by atoms with E-state index in [2.05, 4.69) is 0 Å². The number of hydrogen-bond donors (Lipinski definition) is 1. The Labute approximate surface area is 109 Å². The molecule has 102 valence electrons. The first-order chi connectivity index (χ1) is 8.85. The van der Waals surface area contributed by atoms with Crippen LogP contribution in [0.1, 0.15) is 36.7 Å². The molecule has 0 saturated heterocycles. The van der Waals surface area contributed by atoms with Crippen LogP contribution in [0.2, 0.25) is 0 Å². The lowest BCUT2D eigenvalue weighted by Gasteiger charge is -2.13. The number of carboxylic acid groups (broad SMARTS) is 1. The zero-order valence-corrected chi connectivity index (χ0v) is 10.9. The van der Waals surface area contributed by atoms with Crippen LogP contribution in [-0.4, -0.2) is 23.0 Å². The summed E-state index contributed by atoms with van der Waals surface area (Å²) in [7, 11) is 0. The standard InChI is InChI=1S/C13H14O6/c1-4-10-11(18-7(2)14)5-9(13(16)17)6-12(10)19-8(3)15/h5-6H,4H2,1-3H3,(H,16,17). The highest BCUT2D eigenvalue weighted by atomic mass is 16.5. The van der Waals surface area contributed by atoms with Gasteiger partial charge in [0, 0.05) is 19.4 Å². The summed E-state index contributed by atoms with van der Waals surface area (Å²) < 4.78 is 9.91. The van der Waals surface area contributed by atoms with Crippen LogP contribution in [0.25, 0.3) is 0 Å². The molecule has 0 amide bonds. The van der Waals surface area contributed by atoms with Crippen molar-refractivity contribution in [2.24, 2.45) is 0 Å². The van der Waals surface area contributed by atoms with Gasteiger partial charge in [0.1, 0.15) is 11.5 Å². The van der Waals surface area contributed by atoms with Crippen LogP contribution < -0.4 is 9.47 Å². The molecule has 0 unspecified atom stereocenters. The monoisotopic (exact) mass is 266 g/mol. The number of benzene rings is 1. The zero-order valence-electron chi connectivity index (χ0n) is 10.9. The van der Waals surface area contributed by atoms with Gasteiger partial charge >= 0.3 is 17.9 Å². The molecule has 1 rings (SSSR count). The van der Waals surface area contributed by atoms with Crippen molar-refractivity contribution in [3.63, 3.8) is 0 Å². The third-order valence-corrected chi connectivity index (χ3v) is 2.28. The van der Waals surface area contributed by atoms with Gasteiger partial charge in [-0.1, -0.05) is 6.92 Å². The molecule has 1 aromatic carbocycles. The number of aromatic carboxylic acids is 1. The van der Waals surface area contributed by atoms with E-state index >= 15 is 0 Å². The Morgan fingerprint density at radius 3 is 1.74 bits per heavy atom. The van der Waals surface area contributed by atoms with E-state index in [1.165, 1.54) is 26.0 Å². The summed E-state index contributed by atoms with van der Waals surface area (Å²) >= 11 is 0. The molecule has 1 aromatic rings. The third-order valence-electron chi connectivity index (χ3n) is 2.28. The summed E-state index contributed by atoms with van der Waals surface area (Å²) in [5.41, 5.74) is 0.347. The molecule has 0 spiro atoms. The third kappa shape index (κ3) is 3.80. The van der Waals surface area contributed by atoms with Gasteiger partial charge in [-0.25, -0.2) is 4.79 Å². The molecule has 0 atom stereocenters. The largest absolute Gasteiger partial charge is 0.478 e. The number of carbonyl (C=O) groups is 3. The Bertz CT molecular complexity index is 495. The van der Waals surface area contributed by atoms with Crippen molar-refractivity contribution < 1.29 is 29.0 Å². The fraction of sp³-hybridized carbons (Fsp3) is 0.308. The maximum Gasteiger partial charge on any atom is 0.335 e. The molecule has 0 aliphatic heterocycles. The first kappa shape index (κ1) is 14.7. The van der Waals surface area contributed by atoms with Gasteiger partial charge in [0.2, 0.25) is 0 Å². The molecule has 0 aliphatic rings. The van der Waals surface area contributed by atoms with Gasteiger partial charge in [-0.05, 0) is 18.6 Å². The lowest BCUT2D eigenvalue weighted by molar-refractivity contribution is -0.132. The second-order valence-electron chi connectivity index (χ2n) is 3.80. The van der Waals surface area contributed by atoms with Crippen molar-refractivity contribution in [2.75, 3.05) is 0 Å². The van der Waals surface area contributed by atoms with Gasteiger partial charge in [-0.2, -0.15) is 0 Å². The number of hydrogen-bond acceptors (Lipinski definition) is 5. The predicted molar refractivity (Wildman–Crippen MR) is 65.4 cm³/mol. The fourth-order valence-electron chi connectivity index (χ4n) is 1.58. The number of esters is 2. The molecule has 0 radical (unpaired) electrons. The van der Waals surface area contributed by atoms with Crippen molar-refractivity contribution in [1.82, 2.24) is 0 Å². The van der Waals surface area contributed by atoms with Crippen LogP contribution >= 0.6 is 0 Å². The maximum absolute atomic E-state index is 11.0. The molecule has 0 fully saturated rings. The van der Waals surface area contributed by atoms with E-state index in [0.29, 0.717) is 12.0 Å². The van der Waals surface area contributed by atoms with Crippen LogP contribution in [0.3, 0.4) is 0 Å². The summed E-state index contributed by atoms with van der Waals surface area (Å²) in [5.74, 6) is -2.18. The van der Waals surface area contributed by atoms with E-state index in [1.54, 1.807) is 6.92 Å². The Kier molecular flexibility index (Phi) is 4.63. The molecule has 0 saturated carbocycles. The van der Waals surface area contributed by atoms with Crippen molar-refractivity contribution in [3.05, 3.63) is 23.3 Å². The predicted octanol–water partition coefficient (Wildman–Crippen LogP) is 1.80. The maximum atomic E-state index is 11.0.